The average Bonchev–Trinajstić information content (AvgIpc) is 2.79. The summed E-state index contributed by atoms with van der Waals surface area (Å²) in [6.07, 6.45) is -4.82. The molecule has 0 atom stereocenters. The summed E-state index contributed by atoms with van der Waals surface area (Å²) in [5.41, 5.74) is -4.01. The molecule has 0 aliphatic carbocycles. The van der Waals surface area contributed by atoms with Crippen LogP contribution in [-0.4, -0.2) is 45.6 Å². The molecule has 2 rings (SSSR count). The first kappa shape index (κ1) is 28.5. The van der Waals surface area contributed by atoms with E-state index in [1.807, 2.05) is 0 Å². The van der Waals surface area contributed by atoms with Crippen LogP contribution in [-0.2, 0) is 11.0 Å². The third-order valence-corrected chi connectivity index (χ3v) is 5.76. The smallest absolute Gasteiger partial charge is 0.417 e. The van der Waals surface area contributed by atoms with E-state index >= 15 is 4.39 Å². The van der Waals surface area contributed by atoms with Gasteiger partial charge in [0.25, 0.3) is 5.91 Å². The fourth-order valence-electron chi connectivity index (χ4n) is 3.42. The number of carboxylic acids is 1. The van der Waals surface area contributed by atoms with E-state index in [2.05, 4.69) is 5.32 Å². The molecule has 0 spiro atoms. The van der Waals surface area contributed by atoms with Crippen LogP contribution >= 0.6 is 12.2 Å². The Labute approximate surface area is 210 Å². The first-order chi connectivity index (χ1) is 16.7. The number of aliphatic carboxylic acids is 1. The molecule has 2 N–H and O–H groups in total. The topological polar surface area (TPSA) is 96.7 Å². The van der Waals surface area contributed by atoms with Crippen LogP contribution in [0.1, 0.15) is 49.2 Å². The number of hydrogen-bond donors (Lipinski definition) is 2. The SMILES string of the molecule is CCN(CC)C(=O)c1ccc(N(C(=S)Nc2ccc(C#N)c(C(F)(F)F)c2)C(C)(C)C(=O)O)cc1F. The van der Waals surface area contributed by atoms with Crippen molar-refractivity contribution in [3.8, 4) is 6.07 Å². The van der Waals surface area contributed by atoms with Gasteiger partial charge in [-0.2, -0.15) is 18.4 Å². The summed E-state index contributed by atoms with van der Waals surface area (Å²) >= 11 is 5.32. The largest absolute Gasteiger partial charge is 0.480 e. The highest BCUT2D eigenvalue weighted by Crippen LogP contribution is 2.34. The predicted molar refractivity (Wildman–Crippen MR) is 130 cm³/mol. The van der Waals surface area contributed by atoms with Gasteiger partial charge in [-0.25, -0.2) is 9.18 Å². The third kappa shape index (κ3) is 5.91. The number of thiocarbonyl (C=S) groups is 1. The maximum absolute atomic E-state index is 15.0. The molecule has 0 aromatic heterocycles. The zero-order chi connectivity index (χ0) is 27.4. The summed E-state index contributed by atoms with van der Waals surface area (Å²) in [5.74, 6) is -2.83. The van der Waals surface area contributed by atoms with Crippen molar-refractivity contribution in [2.45, 2.75) is 39.4 Å². The van der Waals surface area contributed by atoms with E-state index in [9.17, 15) is 27.9 Å². The predicted octanol–water partition coefficient (Wildman–Crippen LogP) is 5.26. The molecule has 192 valence electrons. The molecule has 0 saturated heterocycles. The zero-order valence-electron chi connectivity index (χ0n) is 19.9. The number of nitrogens with one attached hydrogen (secondary N) is 1. The second kappa shape index (κ2) is 10.9. The van der Waals surface area contributed by atoms with Crippen LogP contribution in [0.15, 0.2) is 36.4 Å². The summed E-state index contributed by atoms with van der Waals surface area (Å²) in [5, 5.41) is 21.0. The summed E-state index contributed by atoms with van der Waals surface area (Å²) in [6, 6.07) is 7.71. The van der Waals surface area contributed by atoms with Gasteiger partial charge in [0.05, 0.1) is 22.8 Å². The molecular weight excluding hydrogens is 500 g/mol. The van der Waals surface area contributed by atoms with Gasteiger partial charge >= 0.3 is 12.1 Å². The van der Waals surface area contributed by atoms with E-state index in [1.54, 1.807) is 13.8 Å². The Balaban J connectivity index is 2.54. The van der Waals surface area contributed by atoms with Crippen LogP contribution in [0.2, 0.25) is 0 Å². The Bertz CT molecular complexity index is 1220. The Morgan fingerprint density at radius 2 is 1.72 bits per heavy atom. The maximum atomic E-state index is 15.0. The van der Waals surface area contributed by atoms with E-state index in [0.717, 1.165) is 17.0 Å². The molecule has 2 aromatic carbocycles. The fraction of sp³-hybridized carbons (Fsp3) is 0.333. The number of rotatable bonds is 7. The van der Waals surface area contributed by atoms with E-state index in [4.69, 9.17) is 17.5 Å². The highest BCUT2D eigenvalue weighted by atomic mass is 32.1. The molecule has 12 heteroatoms. The number of hydrogen-bond acceptors (Lipinski definition) is 4. The highest BCUT2D eigenvalue weighted by molar-refractivity contribution is 7.80. The monoisotopic (exact) mass is 524 g/mol. The minimum Gasteiger partial charge on any atom is -0.480 e. The van der Waals surface area contributed by atoms with Gasteiger partial charge in [0, 0.05) is 24.5 Å². The molecule has 0 heterocycles. The van der Waals surface area contributed by atoms with Crippen molar-refractivity contribution in [3.05, 3.63) is 58.9 Å². The summed E-state index contributed by atoms with van der Waals surface area (Å²) in [7, 11) is 0. The first-order valence-electron chi connectivity index (χ1n) is 10.7. The highest BCUT2D eigenvalue weighted by Gasteiger charge is 2.39. The molecule has 0 aliphatic rings. The lowest BCUT2D eigenvalue weighted by Gasteiger charge is -2.37. The number of carboxylic acid groups (broad SMARTS) is 1. The van der Waals surface area contributed by atoms with Crippen LogP contribution in [0.25, 0.3) is 0 Å². The second-order valence-electron chi connectivity index (χ2n) is 8.14. The minimum atomic E-state index is -4.82. The van der Waals surface area contributed by atoms with Gasteiger partial charge < -0.3 is 20.2 Å². The number of amides is 1. The lowest BCUT2D eigenvalue weighted by atomic mass is 10.0. The van der Waals surface area contributed by atoms with Crippen LogP contribution in [0.3, 0.4) is 0 Å². The lowest BCUT2D eigenvalue weighted by molar-refractivity contribution is -0.141. The van der Waals surface area contributed by atoms with Gasteiger partial charge in [0.15, 0.2) is 5.11 Å². The Morgan fingerprint density at radius 1 is 1.11 bits per heavy atom. The van der Waals surface area contributed by atoms with Crippen LogP contribution < -0.4 is 10.2 Å². The van der Waals surface area contributed by atoms with E-state index in [1.165, 1.54) is 43.0 Å². The number of anilines is 2. The molecular formula is C24H24F4N4O3S. The number of halogens is 4. The number of benzene rings is 2. The maximum Gasteiger partial charge on any atom is 0.417 e. The molecule has 0 aliphatic heterocycles. The summed E-state index contributed by atoms with van der Waals surface area (Å²) in [4.78, 5) is 27.0. The fourth-order valence-corrected chi connectivity index (χ4v) is 3.87. The Kier molecular flexibility index (Phi) is 8.64. The summed E-state index contributed by atoms with van der Waals surface area (Å²) < 4.78 is 55.1. The normalized spacial score (nSPS) is 11.4. The van der Waals surface area contributed by atoms with Gasteiger partial charge in [-0.3, -0.25) is 4.79 Å². The van der Waals surface area contributed by atoms with Crippen molar-refractivity contribution in [2.75, 3.05) is 23.3 Å². The van der Waals surface area contributed by atoms with Gasteiger partial charge in [0.1, 0.15) is 11.4 Å². The van der Waals surface area contributed by atoms with E-state index in [0.29, 0.717) is 19.2 Å². The number of carbonyl (C=O) groups excluding carboxylic acids is 1. The van der Waals surface area contributed by atoms with Gasteiger partial charge in [-0.1, -0.05) is 0 Å². The van der Waals surface area contributed by atoms with Gasteiger partial charge in [-0.05, 0) is 76.3 Å². The van der Waals surface area contributed by atoms with E-state index < -0.39 is 40.5 Å². The first-order valence-corrected chi connectivity index (χ1v) is 11.1. The standard InChI is InChI=1S/C24H24F4N4O3S/c1-5-31(6-2)20(33)17-10-9-16(12-19(17)25)32(23(3,4)21(34)35)22(36)30-15-8-7-14(13-29)18(11-15)24(26,27)28/h7-12H,5-6H2,1-4H3,(H,30,36)(H,34,35). The van der Waals surface area contributed by atoms with Crippen LogP contribution in [0.5, 0.6) is 0 Å². The molecule has 0 fully saturated rings. The molecule has 0 unspecified atom stereocenters. The van der Waals surface area contributed by atoms with Crippen molar-refractivity contribution in [3.63, 3.8) is 0 Å². The minimum absolute atomic E-state index is 0.0433. The third-order valence-electron chi connectivity index (χ3n) is 5.47. The molecule has 36 heavy (non-hydrogen) atoms. The quantitative estimate of drug-likeness (QED) is 0.377. The number of carbonyl (C=O) groups is 2. The molecule has 7 nitrogen and oxygen atoms in total. The number of nitrogens with zero attached hydrogens (tertiary/aromatic N) is 3. The lowest BCUT2D eigenvalue weighted by Crippen LogP contribution is -2.55. The Morgan fingerprint density at radius 3 is 2.19 bits per heavy atom. The van der Waals surface area contributed by atoms with Crippen LogP contribution in [0.4, 0.5) is 28.9 Å². The number of alkyl halides is 3. The molecule has 0 bridgehead atoms. The van der Waals surface area contributed by atoms with Crippen molar-refractivity contribution in [2.24, 2.45) is 0 Å². The van der Waals surface area contributed by atoms with Crippen LogP contribution in [0, 0.1) is 17.1 Å². The van der Waals surface area contributed by atoms with E-state index in [-0.39, 0.29) is 22.1 Å². The molecule has 1 amide bonds. The van der Waals surface area contributed by atoms with Crippen molar-refractivity contribution < 1.29 is 32.3 Å². The molecule has 0 saturated carbocycles. The van der Waals surface area contributed by atoms with Crippen molar-refractivity contribution in [1.82, 2.24) is 4.90 Å². The van der Waals surface area contributed by atoms with Crippen molar-refractivity contribution >= 4 is 40.6 Å². The Hall–Kier alpha value is -3.72. The van der Waals surface area contributed by atoms with Gasteiger partial charge in [-0.15, -0.1) is 0 Å². The number of nitriles is 1. The average molecular weight is 525 g/mol. The molecule has 0 radical (unpaired) electrons. The van der Waals surface area contributed by atoms with Crippen molar-refractivity contribution in [1.29, 1.82) is 5.26 Å². The molecule has 2 aromatic rings. The second-order valence-corrected chi connectivity index (χ2v) is 8.53. The summed E-state index contributed by atoms with van der Waals surface area (Å²) in [6.45, 7) is 6.73. The van der Waals surface area contributed by atoms with Gasteiger partial charge in [0.2, 0.25) is 0 Å². The zero-order valence-corrected chi connectivity index (χ0v) is 20.7.